The van der Waals surface area contributed by atoms with Crippen LogP contribution in [0.5, 0.6) is 0 Å². The first kappa shape index (κ1) is 1.38. The minimum absolute atomic E-state index is 1.30. The van der Waals surface area contributed by atoms with Crippen LogP contribution in [0.2, 0.25) is 0 Å². The number of piperidine rings is 1. The first-order valence-electron chi connectivity index (χ1n) is 11.2. The van der Waals surface area contributed by atoms with E-state index in [2.05, 4.69) is 0 Å². The molecule has 2 heteroatoms. The topological polar surface area (TPSA) is 32.3 Å². The predicted octanol–water partition coefficient (Wildman–Crippen LogP) is 1.29. The third kappa shape index (κ3) is 2.46. The molecule has 0 aromatic rings. The predicted molar refractivity (Wildman–Crippen MR) is 46.5 cm³/mol. The largest absolute Gasteiger partial charge is 0.393 e. The number of rotatable bonds is 0. The second kappa shape index (κ2) is 2.46. The van der Waals surface area contributed by atoms with Gasteiger partial charge in [-0.05, 0) is 40.2 Å². The Balaban J connectivity index is 4.34. The summed E-state index contributed by atoms with van der Waals surface area (Å²) in [4.78, 5) is 0. The lowest BCUT2D eigenvalue weighted by Crippen LogP contribution is -2.59. The fourth-order valence-corrected chi connectivity index (χ4v) is 0.730. The van der Waals surface area contributed by atoms with Gasteiger partial charge in [-0.2, -0.15) is 0 Å². The Morgan fingerprint density at radius 2 is 1.91 bits per heavy atom. The summed E-state index contributed by atoms with van der Waals surface area (Å²) in [5.41, 5.74) is -8.25. The average molecular weight is 174 g/mol. The van der Waals surface area contributed by atoms with Gasteiger partial charge in [0.05, 0.1) is 7.45 Å². The highest BCUT2D eigenvalue weighted by atomic mass is 16.3. The van der Waals surface area contributed by atoms with Gasteiger partial charge in [-0.15, -0.1) is 0 Å². The third-order valence-corrected chi connectivity index (χ3v) is 0.987. The summed E-state index contributed by atoms with van der Waals surface area (Å²) in [6, 6.07) is 0. The van der Waals surface area contributed by atoms with E-state index in [-0.39, 0.29) is 0 Å². The lowest BCUT2D eigenvalue weighted by Gasteiger charge is -2.44. The Kier molecular flexibility index (Phi) is 0.308. The molecule has 0 unspecified atom stereocenters. The van der Waals surface area contributed by atoms with E-state index in [9.17, 15) is 5.11 Å². The summed E-state index contributed by atoms with van der Waals surface area (Å²) in [6.07, 6.45) is -12.8. The molecule has 0 atom stereocenters. The molecule has 1 aliphatic heterocycles. The lowest BCUT2D eigenvalue weighted by molar-refractivity contribution is 0.0396. The van der Waals surface area contributed by atoms with Crippen LogP contribution in [0.15, 0.2) is 0 Å². The van der Waals surface area contributed by atoms with Gasteiger partial charge in [0.15, 0.2) is 0 Å². The molecule has 1 rings (SSSR count). The van der Waals surface area contributed by atoms with E-state index >= 15 is 0 Å². The van der Waals surface area contributed by atoms with E-state index in [4.69, 9.17) is 23.3 Å². The van der Waals surface area contributed by atoms with Gasteiger partial charge in [0.1, 0.15) is 0 Å². The zero-order valence-corrected chi connectivity index (χ0v) is 5.45. The van der Waals surface area contributed by atoms with Crippen LogP contribution in [0.25, 0.3) is 0 Å². The summed E-state index contributed by atoms with van der Waals surface area (Å²) < 4.78 is 130. The number of hydrogen-bond acceptors (Lipinski definition) is 2. The number of nitrogens with one attached hydrogen (secondary N) is 1. The molecule has 0 aromatic heterocycles. The van der Waals surface area contributed by atoms with Crippen molar-refractivity contribution in [3.8, 4) is 0 Å². The smallest absolute Gasteiger partial charge is 0.0602 e. The van der Waals surface area contributed by atoms with E-state index in [1.165, 1.54) is 5.32 Å². The molecule has 0 saturated carbocycles. The van der Waals surface area contributed by atoms with Gasteiger partial charge in [-0.25, -0.2) is 0 Å². The Labute approximate surface area is 92.9 Å². The Hall–Kier alpha value is -0.0800. The number of hydrogen-bond donors (Lipinski definition) is 2. The molecule has 0 aliphatic carbocycles. The summed E-state index contributed by atoms with van der Waals surface area (Å²) >= 11 is 0. The van der Waals surface area contributed by atoms with Crippen molar-refractivity contribution in [1.29, 1.82) is 0 Å². The van der Waals surface area contributed by atoms with Crippen molar-refractivity contribution in [2.24, 2.45) is 0 Å². The van der Waals surface area contributed by atoms with Crippen LogP contribution in [0.3, 0.4) is 0 Å². The van der Waals surface area contributed by atoms with Crippen molar-refractivity contribution in [3.05, 3.63) is 0 Å². The molecule has 1 heterocycles. The van der Waals surface area contributed by atoms with Gasteiger partial charge in [0.25, 0.3) is 0 Å². The molecular weight excluding hydrogens is 138 g/mol. The maximum Gasteiger partial charge on any atom is 0.0602 e. The zero-order chi connectivity index (χ0) is 23.2. The molecule has 66 valence electrons. The van der Waals surface area contributed by atoms with Gasteiger partial charge in [-0.1, -0.05) is 0 Å². The van der Waals surface area contributed by atoms with E-state index in [0.717, 1.165) is 0 Å². The molecule has 1 saturated heterocycles. The fraction of sp³-hybridized carbons (Fsp3) is 1.00. The molecule has 0 radical (unpaired) electrons. The van der Waals surface area contributed by atoms with Crippen LogP contribution in [-0.4, -0.2) is 22.3 Å². The van der Waals surface area contributed by atoms with Crippen molar-refractivity contribution in [2.75, 3.05) is 0 Å². The maximum atomic E-state index is 10.4. The highest BCUT2D eigenvalue weighted by Gasteiger charge is 2.36. The third-order valence-electron chi connectivity index (χ3n) is 0.987. The van der Waals surface area contributed by atoms with Crippen LogP contribution < -0.4 is 5.32 Å². The Morgan fingerprint density at radius 3 is 2.27 bits per heavy atom. The Morgan fingerprint density at radius 1 is 1.45 bits per heavy atom. The molecule has 2 nitrogen and oxygen atoms in total. The highest BCUT2D eigenvalue weighted by molar-refractivity contribution is 4.96. The second-order valence-corrected chi connectivity index (χ2v) is 2.22. The van der Waals surface area contributed by atoms with Crippen LogP contribution in [-0.2, 0) is 0 Å². The van der Waals surface area contributed by atoms with Crippen LogP contribution in [0.4, 0.5) is 0 Å². The van der Waals surface area contributed by atoms with Crippen LogP contribution in [0.1, 0.15) is 63.5 Å². The molecule has 2 N–H and O–H groups in total. The van der Waals surface area contributed by atoms with Crippen molar-refractivity contribution >= 4 is 0 Å². The van der Waals surface area contributed by atoms with E-state index in [0.29, 0.717) is 0 Å². The Bertz CT molecular complexity index is 539. The summed E-state index contributed by atoms with van der Waals surface area (Å²) in [6.45, 7) is -16.2. The SMILES string of the molecule is [2H]C([2H])([2H])C1(C([2H])([2H])[2H])NC(C([2H])([2H])[2H])(C([2H])([2H])[2H])C([2H])([2H])C([2H])(O)C1([2H])[2H]. The highest BCUT2D eigenvalue weighted by Crippen LogP contribution is 2.27. The van der Waals surface area contributed by atoms with Crippen LogP contribution >= 0.6 is 0 Å². The van der Waals surface area contributed by atoms with E-state index < -0.39 is 57.3 Å². The zero-order valence-electron chi connectivity index (χ0n) is 22.4. The summed E-state index contributed by atoms with van der Waals surface area (Å²) in [7, 11) is 0. The molecular formula is C9H19NO. The van der Waals surface area contributed by atoms with Crippen molar-refractivity contribution in [1.82, 2.24) is 5.32 Å². The molecule has 11 heavy (non-hydrogen) atoms. The minimum atomic E-state index is -4.42. The lowest BCUT2D eigenvalue weighted by atomic mass is 9.81. The van der Waals surface area contributed by atoms with Crippen molar-refractivity contribution < 1.29 is 28.4 Å². The molecule has 0 spiro atoms. The molecule has 0 bridgehead atoms. The van der Waals surface area contributed by atoms with Gasteiger partial charge >= 0.3 is 0 Å². The first-order chi connectivity index (χ1) is 11.7. The van der Waals surface area contributed by atoms with Crippen molar-refractivity contribution in [3.63, 3.8) is 0 Å². The molecule has 1 fully saturated rings. The molecule has 1 aliphatic rings. The normalized spacial score (nSPS) is 69.7. The molecule has 0 amide bonds. The van der Waals surface area contributed by atoms with Gasteiger partial charge in [0, 0.05) is 33.0 Å². The monoisotopic (exact) mass is 174 g/mol. The van der Waals surface area contributed by atoms with Crippen molar-refractivity contribution in [2.45, 2.75) is 57.3 Å². The fourth-order valence-electron chi connectivity index (χ4n) is 0.730. The van der Waals surface area contributed by atoms with E-state index in [1.807, 2.05) is 0 Å². The standard InChI is InChI=1S/C9H19NO/c1-8(2)5-7(11)6-9(3,4)10-8/h7,10-11H,5-6H2,1-4H3/i1D3,2D3,3D3,4D3,5D2,6D2,7D. The van der Waals surface area contributed by atoms with Crippen LogP contribution in [0, 0.1) is 0 Å². The van der Waals surface area contributed by atoms with Gasteiger partial charge in [-0.3, -0.25) is 0 Å². The quantitative estimate of drug-likeness (QED) is 0.580. The average Bonchev–Trinajstić information content (AvgIpc) is 2.30. The number of aliphatic hydroxyl groups is 1. The second-order valence-electron chi connectivity index (χ2n) is 2.22. The summed E-state index contributed by atoms with van der Waals surface area (Å²) in [5, 5.41) is 11.7. The summed E-state index contributed by atoms with van der Waals surface area (Å²) in [5.74, 6) is 0. The van der Waals surface area contributed by atoms with Gasteiger partial charge < -0.3 is 10.4 Å². The minimum Gasteiger partial charge on any atom is -0.393 e. The van der Waals surface area contributed by atoms with E-state index in [1.54, 1.807) is 0 Å². The molecule has 0 aromatic carbocycles. The first-order valence-corrected chi connectivity index (χ1v) is 2.72. The maximum absolute atomic E-state index is 10.4. The van der Waals surface area contributed by atoms with Gasteiger partial charge in [0.2, 0.25) is 0 Å².